The summed E-state index contributed by atoms with van der Waals surface area (Å²) in [5, 5.41) is 0. The van der Waals surface area contributed by atoms with E-state index in [2.05, 4.69) is 17.3 Å². The molecule has 0 aliphatic heterocycles. The van der Waals surface area contributed by atoms with Gasteiger partial charge < -0.3 is 4.52 Å². The van der Waals surface area contributed by atoms with Crippen molar-refractivity contribution in [1.29, 1.82) is 0 Å². The van der Waals surface area contributed by atoms with E-state index in [4.69, 9.17) is 0 Å². The average Bonchev–Trinajstić information content (AvgIpc) is 1.85. The number of nitrogens with zero attached hydrogens (tertiary/aromatic N) is 1. The van der Waals surface area contributed by atoms with Crippen molar-refractivity contribution in [2.75, 3.05) is 0 Å². The van der Waals surface area contributed by atoms with E-state index < -0.39 is 11.4 Å². The van der Waals surface area contributed by atoms with Crippen molar-refractivity contribution in [3.63, 3.8) is 0 Å². The molecule has 0 spiro atoms. The van der Waals surface area contributed by atoms with Gasteiger partial charge in [0.25, 0.3) is 0 Å². The molecule has 8 heavy (non-hydrogen) atoms. The molecule has 5 nitrogen and oxygen atoms in total. The monoisotopic (exact) mass is 134 g/mol. The van der Waals surface area contributed by atoms with Gasteiger partial charge in [-0.1, -0.05) is 4.15 Å². The third-order valence-electron chi connectivity index (χ3n) is 0.552. The Morgan fingerprint density at radius 1 is 1.62 bits per heavy atom. The summed E-state index contributed by atoms with van der Waals surface area (Å²) < 4.78 is 4.59. The summed E-state index contributed by atoms with van der Waals surface area (Å²) in [6.45, 7) is 0. The van der Waals surface area contributed by atoms with Crippen LogP contribution >= 0.6 is 12.8 Å². The van der Waals surface area contributed by atoms with Crippen molar-refractivity contribution in [1.82, 2.24) is 9.13 Å². The number of rotatable bonds is 0. The van der Waals surface area contributed by atoms with Crippen molar-refractivity contribution >= 4 is 12.8 Å². The second kappa shape index (κ2) is 1.55. The maximum absolute atomic E-state index is 10.2. The lowest BCUT2D eigenvalue weighted by molar-refractivity contribution is 0.355. The highest BCUT2D eigenvalue weighted by atomic mass is 32.1. The Morgan fingerprint density at radius 2 is 2.25 bits per heavy atom. The average molecular weight is 134 g/mol. The molecule has 6 heteroatoms. The number of H-pyrrole nitrogens is 1. The van der Waals surface area contributed by atoms with Crippen molar-refractivity contribution in [2.45, 2.75) is 0 Å². The number of aromatic amines is 1. The standard InChI is InChI=1S/C2H2N2O3S/c5-1-3-2(6)7-4(1)8/h8H,(H,3,5,6). The lowest BCUT2D eigenvalue weighted by Gasteiger charge is -1.72. The molecule has 0 amide bonds. The first-order valence-corrected chi connectivity index (χ1v) is 2.12. The zero-order valence-electron chi connectivity index (χ0n) is 3.62. The van der Waals surface area contributed by atoms with Gasteiger partial charge in [0.1, 0.15) is 0 Å². The molecule has 1 heterocycles. The van der Waals surface area contributed by atoms with Crippen LogP contribution in [-0.4, -0.2) is 9.13 Å². The van der Waals surface area contributed by atoms with Gasteiger partial charge in [0.15, 0.2) is 0 Å². The molecule has 1 aromatic rings. The van der Waals surface area contributed by atoms with E-state index in [1.807, 2.05) is 4.98 Å². The lowest BCUT2D eigenvalue weighted by atomic mass is 11.3. The van der Waals surface area contributed by atoms with Crippen LogP contribution in [0.15, 0.2) is 14.1 Å². The lowest BCUT2D eigenvalue weighted by Crippen LogP contribution is -2.10. The molecular weight excluding hydrogens is 132 g/mol. The van der Waals surface area contributed by atoms with Crippen molar-refractivity contribution in [3.05, 3.63) is 21.0 Å². The molecule has 0 atom stereocenters. The van der Waals surface area contributed by atoms with Gasteiger partial charge in [-0.05, 0) is 12.8 Å². The fourth-order valence-electron chi connectivity index (χ4n) is 0.278. The maximum Gasteiger partial charge on any atom is 0.440 e. The van der Waals surface area contributed by atoms with E-state index in [1.54, 1.807) is 0 Å². The van der Waals surface area contributed by atoms with Crippen LogP contribution in [0.1, 0.15) is 0 Å². The van der Waals surface area contributed by atoms with Gasteiger partial charge in [-0.3, -0.25) is 0 Å². The molecule has 0 aliphatic rings. The molecular formula is C2H2N2O3S. The zero-order valence-corrected chi connectivity index (χ0v) is 4.51. The van der Waals surface area contributed by atoms with E-state index in [0.29, 0.717) is 4.15 Å². The highest BCUT2D eigenvalue weighted by Crippen LogP contribution is 1.69. The van der Waals surface area contributed by atoms with Crippen LogP contribution in [0.4, 0.5) is 0 Å². The molecule has 0 saturated carbocycles. The van der Waals surface area contributed by atoms with E-state index in [0.717, 1.165) is 0 Å². The fraction of sp³-hybridized carbons (Fsp3) is 0. The van der Waals surface area contributed by atoms with Gasteiger partial charge in [0, 0.05) is 0 Å². The maximum atomic E-state index is 10.2. The predicted octanol–water partition coefficient (Wildman–Crippen LogP) is -1.18. The third kappa shape index (κ3) is 0.692. The molecule has 44 valence electrons. The van der Waals surface area contributed by atoms with Crippen LogP contribution in [0.2, 0.25) is 0 Å². The van der Waals surface area contributed by atoms with Gasteiger partial charge in [0.05, 0.1) is 0 Å². The first-order valence-electron chi connectivity index (χ1n) is 1.72. The van der Waals surface area contributed by atoms with Crippen LogP contribution < -0.4 is 11.4 Å². The Kier molecular flexibility index (Phi) is 1.01. The third-order valence-corrected chi connectivity index (χ3v) is 0.815. The molecule has 1 aromatic heterocycles. The number of hydrogen-bond donors (Lipinski definition) is 2. The first-order chi connectivity index (χ1) is 3.70. The molecule has 0 fully saturated rings. The summed E-state index contributed by atoms with van der Waals surface area (Å²) in [6.07, 6.45) is 0. The topological polar surface area (TPSA) is 68.0 Å². The van der Waals surface area contributed by atoms with Crippen molar-refractivity contribution < 1.29 is 4.52 Å². The molecule has 0 saturated heterocycles. The van der Waals surface area contributed by atoms with E-state index >= 15 is 0 Å². The minimum atomic E-state index is -0.801. The van der Waals surface area contributed by atoms with Crippen LogP contribution in [0.25, 0.3) is 0 Å². The van der Waals surface area contributed by atoms with Gasteiger partial charge in [-0.25, -0.2) is 14.6 Å². The number of thiol groups is 1. The smallest absolute Gasteiger partial charge is 0.306 e. The van der Waals surface area contributed by atoms with Gasteiger partial charge in [-0.2, -0.15) is 0 Å². The second-order valence-corrected chi connectivity index (χ2v) is 1.45. The Balaban J connectivity index is 3.59. The summed E-state index contributed by atoms with van der Waals surface area (Å²) in [5.41, 5.74) is -0.668. The van der Waals surface area contributed by atoms with Gasteiger partial charge >= 0.3 is 11.4 Å². The van der Waals surface area contributed by atoms with E-state index in [1.165, 1.54) is 0 Å². The van der Waals surface area contributed by atoms with E-state index in [-0.39, 0.29) is 0 Å². The van der Waals surface area contributed by atoms with Crippen molar-refractivity contribution in [3.8, 4) is 0 Å². The molecule has 0 aliphatic carbocycles. The molecule has 0 bridgehead atoms. The quantitative estimate of drug-likeness (QED) is 0.439. The number of nitrogens with one attached hydrogen (secondary N) is 1. The summed E-state index contributed by atoms with van der Waals surface area (Å²) >= 11 is 3.42. The molecule has 0 aromatic carbocycles. The second-order valence-electron chi connectivity index (χ2n) is 1.08. The number of aromatic nitrogens is 2. The zero-order chi connectivity index (χ0) is 6.15. The predicted molar refractivity (Wildman–Crippen MR) is 28.0 cm³/mol. The summed E-state index contributed by atoms with van der Waals surface area (Å²) in [4.78, 5) is 22.0. The molecule has 1 N–H and O–H groups in total. The van der Waals surface area contributed by atoms with Crippen LogP contribution in [0.3, 0.4) is 0 Å². The van der Waals surface area contributed by atoms with Crippen molar-refractivity contribution in [2.24, 2.45) is 0 Å². The number of hydrogen-bond acceptors (Lipinski definition) is 4. The Bertz CT molecular complexity index is 280. The van der Waals surface area contributed by atoms with E-state index in [9.17, 15) is 9.59 Å². The summed E-state index contributed by atoms with van der Waals surface area (Å²) in [5.74, 6) is -0.801. The van der Waals surface area contributed by atoms with Crippen LogP contribution in [-0.2, 0) is 0 Å². The normalized spacial score (nSPS) is 9.62. The molecule has 0 unspecified atom stereocenters. The van der Waals surface area contributed by atoms with Crippen LogP contribution in [0, 0.1) is 0 Å². The Hall–Kier alpha value is -0.910. The summed E-state index contributed by atoms with van der Waals surface area (Å²) in [6, 6.07) is 0. The highest BCUT2D eigenvalue weighted by molar-refractivity contribution is 7.78. The van der Waals surface area contributed by atoms with Gasteiger partial charge in [-0.15, -0.1) is 0 Å². The summed E-state index contributed by atoms with van der Waals surface area (Å²) in [7, 11) is 0. The highest BCUT2D eigenvalue weighted by Gasteiger charge is 1.93. The minimum Gasteiger partial charge on any atom is -0.306 e. The Morgan fingerprint density at radius 3 is 2.38 bits per heavy atom. The van der Waals surface area contributed by atoms with Gasteiger partial charge in [0.2, 0.25) is 0 Å². The SMILES string of the molecule is O=c1[nH]c(=O)n(S)o1. The molecule has 1 rings (SSSR count). The largest absolute Gasteiger partial charge is 0.440 e. The minimum absolute atomic E-state index is 0.516. The first kappa shape index (κ1) is 5.23. The van der Waals surface area contributed by atoms with Crippen LogP contribution in [0.5, 0.6) is 0 Å². The fourth-order valence-corrected chi connectivity index (χ4v) is 0.402. The molecule has 0 radical (unpaired) electrons. The Labute approximate surface area is 48.4 Å².